The zero-order chi connectivity index (χ0) is 15.5. The smallest absolute Gasteiger partial charge is 0.182 e. The Bertz CT molecular complexity index is 598. The molecule has 1 heterocycles. The molecule has 1 saturated heterocycles. The van der Waals surface area contributed by atoms with Gasteiger partial charge in [-0.15, -0.1) is 0 Å². The predicted molar refractivity (Wildman–Crippen MR) is 79.1 cm³/mol. The summed E-state index contributed by atoms with van der Waals surface area (Å²) in [5.41, 5.74) is 0.412. The topological polar surface area (TPSA) is 58.6 Å². The second-order valence-corrected chi connectivity index (χ2v) is 7.14. The van der Waals surface area contributed by atoms with Crippen LogP contribution in [0.3, 0.4) is 0 Å². The van der Waals surface area contributed by atoms with Crippen LogP contribution in [-0.2, 0) is 16.3 Å². The van der Waals surface area contributed by atoms with E-state index in [9.17, 15) is 12.8 Å². The average molecular weight is 316 g/mol. The van der Waals surface area contributed by atoms with E-state index >= 15 is 0 Å². The van der Waals surface area contributed by atoms with Gasteiger partial charge in [0.25, 0.3) is 0 Å². The predicted octanol–water partition coefficient (Wildman–Crippen LogP) is 0.686. The SMILES string of the molecule is COc1ccc(CCN2CCNCC2)c(F)c1S(C)(=O)=O. The van der Waals surface area contributed by atoms with E-state index in [0.29, 0.717) is 18.5 Å². The van der Waals surface area contributed by atoms with E-state index in [-0.39, 0.29) is 10.6 Å². The Labute approximate surface area is 125 Å². The zero-order valence-electron chi connectivity index (χ0n) is 12.4. The summed E-state index contributed by atoms with van der Waals surface area (Å²) < 4.78 is 43.0. The van der Waals surface area contributed by atoms with Crippen molar-refractivity contribution in [2.45, 2.75) is 11.3 Å². The lowest BCUT2D eigenvalue weighted by molar-refractivity contribution is 0.243. The monoisotopic (exact) mass is 316 g/mol. The number of hydrogen-bond donors (Lipinski definition) is 1. The van der Waals surface area contributed by atoms with Gasteiger partial charge in [0.2, 0.25) is 0 Å². The Morgan fingerprint density at radius 1 is 1.33 bits per heavy atom. The van der Waals surface area contributed by atoms with Crippen LogP contribution in [0.15, 0.2) is 17.0 Å². The average Bonchev–Trinajstić information content (AvgIpc) is 2.45. The Morgan fingerprint density at radius 3 is 2.57 bits per heavy atom. The molecule has 1 N–H and O–H groups in total. The van der Waals surface area contributed by atoms with Gasteiger partial charge in [0.1, 0.15) is 16.5 Å². The molecule has 21 heavy (non-hydrogen) atoms. The Kier molecular flexibility index (Phi) is 5.18. The molecule has 0 aromatic heterocycles. The molecular weight excluding hydrogens is 295 g/mol. The highest BCUT2D eigenvalue weighted by atomic mass is 32.2. The molecule has 1 aromatic rings. The maximum absolute atomic E-state index is 14.5. The molecule has 0 amide bonds. The first-order valence-electron chi connectivity index (χ1n) is 6.92. The van der Waals surface area contributed by atoms with Crippen LogP contribution >= 0.6 is 0 Å². The summed E-state index contributed by atoms with van der Waals surface area (Å²) in [6.07, 6.45) is 1.48. The van der Waals surface area contributed by atoms with Crippen LogP contribution in [0.2, 0.25) is 0 Å². The summed E-state index contributed by atoms with van der Waals surface area (Å²) in [5, 5.41) is 3.26. The molecule has 1 aromatic carbocycles. The fourth-order valence-electron chi connectivity index (χ4n) is 2.49. The fourth-order valence-corrected chi connectivity index (χ4v) is 3.47. The van der Waals surface area contributed by atoms with Gasteiger partial charge in [-0.2, -0.15) is 0 Å². The van der Waals surface area contributed by atoms with Crippen molar-refractivity contribution in [3.8, 4) is 5.75 Å². The Balaban J connectivity index is 2.20. The van der Waals surface area contributed by atoms with Crippen molar-refractivity contribution in [2.24, 2.45) is 0 Å². The minimum atomic E-state index is -3.67. The zero-order valence-corrected chi connectivity index (χ0v) is 13.2. The van der Waals surface area contributed by atoms with Gasteiger partial charge in [-0.3, -0.25) is 0 Å². The van der Waals surface area contributed by atoms with E-state index in [4.69, 9.17) is 4.74 Å². The number of piperazine rings is 1. The van der Waals surface area contributed by atoms with Crippen LogP contribution in [-0.4, -0.2) is 59.4 Å². The van der Waals surface area contributed by atoms with Crippen LogP contribution < -0.4 is 10.1 Å². The van der Waals surface area contributed by atoms with Crippen LogP contribution in [0.4, 0.5) is 4.39 Å². The summed E-state index contributed by atoms with van der Waals surface area (Å²) in [7, 11) is -2.33. The molecule has 0 radical (unpaired) electrons. The molecule has 118 valence electrons. The number of rotatable bonds is 5. The lowest BCUT2D eigenvalue weighted by Gasteiger charge is -2.27. The highest BCUT2D eigenvalue weighted by Crippen LogP contribution is 2.29. The molecule has 1 fully saturated rings. The van der Waals surface area contributed by atoms with E-state index in [1.807, 2.05) is 0 Å². The molecule has 1 aliphatic heterocycles. The van der Waals surface area contributed by atoms with Crippen LogP contribution in [0.5, 0.6) is 5.75 Å². The second kappa shape index (κ2) is 6.72. The third kappa shape index (κ3) is 3.93. The number of nitrogens with one attached hydrogen (secondary N) is 1. The molecule has 1 aliphatic rings. The van der Waals surface area contributed by atoms with Crippen LogP contribution in [0.25, 0.3) is 0 Å². The largest absolute Gasteiger partial charge is 0.495 e. The quantitative estimate of drug-likeness (QED) is 0.866. The number of ether oxygens (including phenoxy) is 1. The molecule has 2 rings (SSSR count). The maximum Gasteiger partial charge on any atom is 0.182 e. The van der Waals surface area contributed by atoms with Gasteiger partial charge in [-0.1, -0.05) is 6.07 Å². The van der Waals surface area contributed by atoms with E-state index in [2.05, 4.69) is 10.2 Å². The summed E-state index contributed by atoms with van der Waals surface area (Å²) in [4.78, 5) is 1.89. The Morgan fingerprint density at radius 2 is 2.00 bits per heavy atom. The lowest BCUT2D eigenvalue weighted by atomic mass is 10.1. The molecule has 0 bridgehead atoms. The van der Waals surface area contributed by atoms with Crippen molar-refractivity contribution in [3.05, 3.63) is 23.5 Å². The van der Waals surface area contributed by atoms with E-state index in [1.165, 1.54) is 13.2 Å². The molecular formula is C14H21FN2O3S. The fraction of sp³-hybridized carbons (Fsp3) is 0.571. The number of halogens is 1. The first kappa shape index (κ1) is 16.2. The van der Waals surface area contributed by atoms with Crippen molar-refractivity contribution in [1.82, 2.24) is 10.2 Å². The van der Waals surface area contributed by atoms with E-state index < -0.39 is 15.7 Å². The molecule has 5 nitrogen and oxygen atoms in total. The van der Waals surface area contributed by atoms with Gasteiger partial charge in [0, 0.05) is 39.0 Å². The lowest BCUT2D eigenvalue weighted by Crippen LogP contribution is -2.44. The van der Waals surface area contributed by atoms with E-state index in [1.54, 1.807) is 6.07 Å². The second-order valence-electron chi connectivity index (χ2n) is 5.18. The third-order valence-electron chi connectivity index (χ3n) is 3.64. The molecule has 0 saturated carbocycles. The van der Waals surface area contributed by atoms with Crippen LogP contribution in [0.1, 0.15) is 5.56 Å². The van der Waals surface area contributed by atoms with Crippen molar-refractivity contribution in [3.63, 3.8) is 0 Å². The van der Waals surface area contributed by atoms with Gasteiger partial charge in [0.15, 0.2) is 9.84 Å². The van der Waals surface area contributed by atoms with E-state index in [0.717, 1.165) is 32.4 Å². The van der Waals surface area contributed by atoms with Crippen molar-refractivity contribution in [1.29, 1.82) is 0 Å². The number of methoxy groups -OCH3 is 1. The van der Waals surface area contributed by atoms with Gasteiger partial charge in [0.05, 0.1) is 7.11 Å². The van der Waals surface area contributed by atoms with Gasteiger partial charge in [-0.05, 0) is 18.1 Å². The Hall–Kier alpha value is -1.18. The number of hydrogen-bond acceptors (Lipinski definition) is 5. The third-order valence-corrected chi connectivity index (χ3v) is 4.76. The minimum Gasteiger partial charge on any atom is -0.495 e. The molecule has 0 atom stereocenters. The van der Waals surface area contributed by atoms with Crippen molar-refractivity contribution >= 4 is 9.84 Å². The standard InChI is InChI=1S/C14H21FN2O3S/c1-20-12-4-3-11(13(15)14(12)21(2,18)19)5-8-17-9-6-16-7-10-17/h3-4,16H,5-10H2,1-2H3. The number of benzene rings is 1. The summed E-state index contributed by atoms with van der Waals surface area (Å²) in [6, 6.07) is 3.12. The molecule has 0 spiro atoms. The summed E-state index contributed by atoms with van der Waals surface area (Å²) in [5.74, 6) is -0.632. The summed E-state index contributed by atoms with van der Waals surface area (Å²) in [6.45, 7) is 4.43. The minimum absolute atomic E-state index is 0.0564. The molecule has 0 unspecified atom stereocenters. The highest BCUT2D eigenvalue weighted by Gasteiger charge is 2.23. The molecule has 7 heteroatoms. The number of sulfone groups is 1. The van der Waals surface area contributed by atoms with Crippen molar-refractivity contribution < 1.29 is 17.5 Å². The highest BCUT2D eigenvalue weighted by molar-refractivity contribution is 7.90. The van der Waals surface area contributed by atoms with Gasteiger partial charge < -0.3 is 15.0 Å². The maximum atomic E-state index is 14.5. The van der Waals surface area contributed by atoms with Crippen molar-refractivity contribution in [2.75, 3.05) is 46.1 Å². The number of nitrogens with zero attached hydrogens (tertiary/aromatic N) is 1. The van der Waals surface area contributed by atoms with Crippen LogP contribution in [0, 0.1) is 5.82 Å². The normalized spacial score (nSPS) is 16.9. The first-order chi connectivity index (χ1) is 9.93. The summed E-state index contributed by atoms with van der Waals surface area (Å²) >= 11 is 0. The van der Waals surface area contributed by atoms with Gasteiger partial charge in [-0.25, -0.2) is 12.8 Å². The molecule has 0 aliphatic carbocycles. The van der Waals surface area contributed by atoms with Gasteiger partial charge >= 0.3 is 0 Å². The first-order valence-corrected chi connectivity index (χ1v) is 8.81.